The third kappa shape index (κ3) is 3.46. The maximum atomic E-state index is 11.7. The number of anilines is 1. The zero-order valence-electron chi connectivity index (χ0n) is 9.78. The van der Waals surface area contributed by atoms with Crippen LogP contribution in [0.2, 0.25) is 0 Å². The van der Waals surface area contributed by atoms with Gasteiger partial charge in [-0.1, -0.05) is 24.6 Å². The van der Waals surface area contributed by atoms with Gasteiger partial charge in [-0.05, 0) is 37.8 Å². The van der Waals surface area contributed by atoms with E-state index in [1.807, 2.05) is 30.3 Å². The van der Waals surface area contributed by atoms with E-state index < -0.39 is 5.72 Å². The maximum absolute atomic E-state index is 11.7. The second-order valence-corrected chi connectivity index (χ2v) is 4.54. The molecule has 1 aromatic rings. The molecule has 0 unspecified atom stereocenters. The summed E-state index contributed by atoms with van der Waals surface area (Å²) in [6.45, 7) is 0. The molecule has 4 nitrogen and oxygen atoms in total. The summed E-state index contributed by atoms with van der Waals surface area (Å²) in [6, 6.07) is 8.86. The van der Waals surface area contributed by atoms with Gasteiger partial charge in [-0.3, -0.25) is 0 Å². The van der Waals surface area contributed by atoms with Gasteiger partial charge in [-0.15, -0.1) is 0 Å². The molecule has 0 radical (unpaired) electrons. The van der Waals surface area contributed by atoms with E-state index in [0.29, 0.717) is 12.8 Å². The average Bonchev–Trinajstić information content (AvgIpc) is 2.30. The van der Waals surface area contributed by atoms with E-state index in [-0.39, 0.29) is 6.03 Å². The fourth-order valence-corrected chi connectivity index (χ4v) is 2.16. The van der Waals surface area contributed by atoms with Crippen molar-refractivity contribution in [2.75, 3.05) is 5.32 Å². The lowest BCUT2D eigenvalue weighted by molar-refractivity contribution is -0.0151. The molecule has 17 heavy (non-hydrogen) atoms. The molecule has 1 aliphatic carbocycles. The lowest BCUT2D eigenvalue weighted by Gasteiger charge is -2.32. The van der Waals surface area contributed by atoms with Gasteiger partial charge in [0.1, 0.15) is 5.72 Å². The van der Waals surface area contributed by atoms with Gasteiger partial charge in [0.25, 0.3) is 0 Å². The zero-order chi connectivity index (χ0) is 12.1. The Bertz CT molecular complexity index is 372. The molecule has 0 aromatic heterocycles. The Labute approximate surface area is 101 Å². The van der Waals surface area contributed by atoms with Crippen molar-refractivity contribution in [3.63, 3.8) is 0 Å². The topological polar surface area (TPSA) is 61.4 Å². The number of aliphatic hydroxyl groups is 1. The number of nitrogens with one attached hydrogen (secondary N) is 2. The van der Waals surface area contributed by atoms with Gasteiger partial charge in [0.15, 0.2) is 0 Å². The van der Waals surface area contributed by atoms with Crippen LogP contribution in [0.15, 0.2) is 30.3 Å². The minimum Gasteiger partial charge on any atom is -0.371 e. The van der Waals surface area contributed by atoms with Crippen LogP contribution in [0.5, 0.6) is 0 Å². The molecule has 0 atom stereocenters. The molecule has 2 amide bonds. The van der Waals surface area contributed by atoms with E-state index >= 15 is 0 Å². The van der Waals surface area contributed by atoms with Crippen LogP contribution >= 0.6 is 0 Å². The van der Waals surface area contributed by atoms with Crippen molar-refractivity contribution in [1.29, 1.82) is 0 Å². The molecule has 92 valence electrons. The smallest absolute Gasteiger partial charge is 0.321 e. The van der Waals surface area contributed by atoms with E-state index in [0.717, 1.165) is 24.9 Å². The first-order chi connectivity index (χ1) is 8.18. The summed E-state index contributed by atoms with van der Waals surface area (Å²) in [5.74, 6) is 0. The van der Waals surface area contributed by atoms with E-state index in [9.17, 15) is 9.90 Å². The number of carbonyl (C=O) groups is 1. The molecule has 0 saturated heterocycles. The van der Waals surface area contributed by atoms with Crippen molar-refractivity contribution in [3.8, 4) is 0 Å². The average molecular weight is 234 g/mol. The fraction of sp³-hybridized carbons (Fsp3) is 0.462. The normalized spacial score (nSPS) is 18.4. The van der Waals surface area contributed by atoms with Crippen LogP contribution < -0.4 is 10.6 Å². The number of hydrogen-bond donors (Lipinski definition) is 3. The number of para-hydroxylation sites is 1. The largest absolute Gasteiger partial charge is 0.371 e. The van der Waals surface area contributed by atoms with Gasteiger partial charge in [-0.2, -0.15) is 0 Å². The van der Waals surface area contributed by atoms with Gasteiger partial charge in [0, 0.05) is 5.69 Å². The van der Waals surface area contributed by atoms with E-state index in [4.69, 9.17) is 0 Å². The van der Waals surface area contributed by atoms with Gasteiger partial charge in [0.05, 0.1) is 0 Å². The van der Waals surface area contributed by atoms with Crippen LogP contribution in [0.25, 0.3) is 0 Å². The number of hydrogen-bond acceptors (Lipinski definition) is 2. The van der Waals surface area contributed by atoms with Crippen molar-refractivity contribution < 1.29 is 9.90 Å². The molecular formula is C13H18N2O2. The van der Waals surface area contributed by atoms with Crippen molar-refractivity contribution in [2.24, 2.45) is 0 Å². The second kappa shape index (κ2) is 5.19. The lowest BCUT2D eigenvalue weighted by atomic mass is 9.92. The molecule has 4 heteroatoms. The summed E-state index contributed by atoms with van der Waals surface area (Å²) < 4.78 is 0. The summed E-state index contributed by atoms with van der Waals surface area (Å²) in [5.41, 5.74) is -0.304. The monoisotopic (exact) mass is 234 g/mol. The molecule has 1 fully saturated rings. The summed E-state index contributed by atoms with van der Waals surface area (Å²) in [4.78, 5) is 11.7. The van der Waals surface area contributed by atoms with E-state index in [1.165, 1.54) is 0 Å². The van der Waals surface area contributed by atoms with Gasteiger partial charge < -0.3 is 15.7 Å². The molecule has 0 aliphatic heterocycles. The number of benzene rings is 1. The van der Waals surface area contributed by atoms with E-state index in [1.54, 1.807) is 0 Å². The maximum Gasteiger partial charge on any atom is 0.321 e. The van der Waals surface area contributed by atoms with Crippen molar-refractivity contribution in [2.45, 2.75) is 37.8 Å². The zero-order valence-corrected chi connectivity index (χ0v) is 9.78. The summed E-state index contributed by atoms with van der Waals surface area (Å²) in [7, 11) is 0. The Morgan fingerprint density at radius 1 is 1.12 bits per heavy atom. The minimum atomic E-state index is -1.03. The van der Waals surface area contributed by atoms with Gasteiger partial charge >= 0.3 is 6.03 Å². The molecule has 0 spiro atoms. The quantitative estimate of drug-likeness (QED) is 0.688. The van der Waals surface area contributed by atoms with Crippen LogP contribution in [0.3, 0.4) is 0 Å². The molecule has 1 aliphatic rings. The molecule has 0 bridgehead atoms. The van der Waals surface area contributed by atoms with Crippen LogP contribution in [0.1, 0.15) is 32.1 Å². The lowest BCUT2D eigenvalue weighted by Crippen LogP contribution is -2.51. The standard InChI is InChI=1S/C13H18N2O2/c16-12(14-11-7-3-1-4-8-11)15-13(17)9-5-2-6-10-13/h1,3-4,7-8,17H,2,5-6,9-10H2,(H2,14,15,16). The highest BCUT2D eigenvalue weighted by molar-refractivity contribution is 5.89. The molecule has 1 aromatic carbocycles. The molecule has 3 N–H and O–H groups in total. The molecule has 0 heterocycles. The number of amides is 2. The van der Waals surface area contributed by atoms with Crippen LogP contribution in [-0.4, -0.2) is 16.9 Å². The molecular weight excluding hydrogens is 216 g/mol. The Hall–Kier alpha value is -1.55. The minimum absolute atomic E-state index is 0.347. The van der Waals surface area contributed by atoms with Gasteiger partial charge in [0.2, 0.25) is 0 Å². The Balaban J connectivity index is 1.88. The predicted molar refractivity (Wildman–Crippen MR) is 66.6 cm³/mol. The summed E-state index contributed by atoms with van der Waals surface area (Å²) >= 11 is 0. The van der Waals surface area contributed by atoms with Crippen molar-refractivity contribution in [1.82, 2.24) is 5.32 Å². The molecule has 1 saturated carbocycles. The molecule has 2 rings (SSSR count). The Kier molecular flexibility index (Phi) is 3.64. The van der Waals surface area contributed by atoms with Crippen LogP contribution in [0.4, 0.5) is 10.5 Å². The highest BCUT2D eigenvalue weighted by Gasteiger charge is 2.30. The SMILES string of the molecule is O=C(Nc1ccccc1)NC1(O)CCCCC1. The fourth-order valence-electron chi connectivity index (χ4n) is 2.16. The van der Waals surface area contributed by atoms with Crippen molar-refractivity contribution in [3.05, 3.63) is 30.3 Å². The summed E-state index contributed by atoms with van der Waals surface area (Å²) in [6.07, 6.45) is 4.32. The van der Waals surface area contributed by atoms with Crippen LogP contribution in [-0.2, 0) is 0 Å². The first-order valence-electron chi connectivity index (χ1n) is 6.05. The highest BCUT2D eigenvalue weighted by atomic mass is 16.3. The number of rotatable bonds is 2. The van der Waals surface area contributed by atoms with Crippen molar-refractivity contribution >= 4 is 11.7 Å². The first kappa shape index (κ1) is 11.9. The Morgan fingerprint density at radius 3 is 2.41 bits per heavy atom. The second-order valence-electron chi connectivity index (χ2n) is 4.54. The predicted octanol–water partition coefficient (Wildman–Crippen LogP) is 2.46. The van der Waals surface area contributed by atoms with Crippen LogP contribution in [0, 0.1) is 0 Å². The number of urea groups is 1. The Morgan fingerprint density at radius 2 is 1.76 bits per heavy atom. The van der Waals surface area contributed by atoms with Gasteiger partial charge in [-0.25, -0.2) is 4.79 Å². The highest BCUT2D eigenvalue weighted by Crippen LogP contribution is 2.25. The first-order valence-corrected chi connectivity index (χ1v) is 6.05. The van der Waals surface area contributed by atoms with E-state index in [2.05, 4.69) is 10.6 Å². The number of carbonyl (C=O) groups excluding carboxylic acids is 1. The summed E-state index contributed by atoms with van der Waals surface area (Å²) in [5, 5.41) is 15.5. The third-order valence-corrected chi connectivity index (χ3v) is 3.06. The third-order valence-electron chi connectivity index (χ3n) is 3.06.